The third kappa shape index (κ3) is 7.83. The predicted octanol–water partition coefficient (Wildman–Crippen LogP) is 4.27. The third-order valence-corrected chi connectivity index (χ3v) is 8.09. The van der Waals surface area contributed by atoms with E-state index in [0.29, 0.717) is 54.4 Å². The van der Waals surface area contributed by atoms with Gasteiger partial charge in [0.15, 0.2) is 0 Å². The second kappa shape index (κ2) is 13.9. The number of piperazine rings is 1. The van der Waals surface area contributed by atoms with Crippen LogP contribution in [-0.2, 0) is 17.3 Å². The number of amides is 3. The van der Waals surface area contributed by atoms with Gasteiger partial charge in [0.1, 0.15) is 5.69 Å². The minimum absolute atomic E-state index is 0.0406. The van der Waals surface area contributed by atoms with E-state index in [4.69, 9.17) is 0 Å². The summed E-state index contributed by atoms with van der Waals surface area (Å²) in [6, 6.07) is 18.5. The fourth-order valence-electron chi connectivity index (χ4n) is 5.45. The number of carbonyl (C=O) groups is 4. The van der Waals surface area contributed by atoms with Crippen LogP contribution in [0, 0.1) is 0 Å². The molecule has 47 heavy (non-hydrogen) atoms. The summed E-state index contributed by atoms with van der Waals surface area (Å²) in [5.74, 6) is -2.01. The molecule has 1 aliphatic rings. The lowest BCUT2D eigenvalue weighted by molar-refractivity contribution is -0.137. The third-order valence-electron chi connectivity index (χ3n) is 8.09. The molecule has 3 N–H and O–H groups in total. The maximum Gasteiger partial charge on any atom is 0.305 e. The summed E-state index contributed by atoms with van der Waals surface area (Å²) in [5.41, 5.74) is 3.36. The fraction of sp³-hybridized carbons (Fsp3) is 0.314. The molecule has 1 aliphatic heterocycles. The zero-order chi connectivity index (χ0) is 33.7. The summed E-state index contributed by atoms with van der Waals surface area (Å²) >= 11 is 0. The molecule has 0 saturated carbocycles. The van der Waals surface area contributed by atoms with Crippen LogP contribution in [0.1, 0.15) is 75.7 Å². The monoisotopic (exact) mass is 637 g/mol. The van der Waals surface area contributed by atoms with Crippen LogP contribution < -0.4 is 15.5 Å². The number of hydrogen-bond donors (Lipinski definition) is 3. The van der Waals surface area contributed by atoms with Crippen LogP contribution >= 0.6 is 0 Å². The largest absolute Gasteiger partial charge is 0.481 e. The summed E-state index contributed by atoms with van der Waals surface area (Å²) < 4.78 is 1.53. The molecule has 3 heterocycles. The standard InChI is InChI=1S/C35H39N7O5/c1-35(2,3)30-21-29(40(4)39-30)33(46)38-27-19-24(32(45)37-26(20-31(43)44)25-11-8-14-36-22-25)12-13-28(27)41-15-17-42(18-16-41)34(47)23-9-6-5-7-10-23/h5-14,19,21-22,26H,15-18,20H2,1-4H3,(H,37,45)(H,38,46)(H,43,44). The number of anilines is 2. The first kappa shape index (κ1) is 32.9. The quantitative estimate of drug-likeness (QED) is 0.246. The van der Waals surface area contributed by atoms with E-state index in [9.17, 15) is 24.3 Å². The lowest BCUT2D eigenvalue weighted by Gasteiger charge is -2.37. The molecule has 0 radical (unpaired) electrons. The van der Waals surface area contributed by atoms with Crippen LogP contribution in [0.15, 0.2) is 79.1 Å². The van der Waals surface area contributed by atoms with Gasteiger partial charge in [-0.2, -0.15) is 5.10 Å². The van der Waals surface area contributed by atoms with Gasteiger partial charge < -0.3 is 25.5 Å². The Kier molecular flexibility index (Phi) is 9.69. The maximum atomic E-state index is 13.7. The number of nitrogens with zero attached hydrogens (tertiary/aromatic N) is 5. The SMILES string of the molecule is Cn1nc(C(C)(C)C)cc1C(=O)Nc1cc(C(=O)NC(CC(=O)O)c2cccnc2)ccc1N1CCN(C(=O)c2ccccc2)CC1. The van der Waals surface area contributed by atoms with Crippen molar-refractivity contribution in [1.29, 1.82) is 0 Å². The van der Waals surface area contributed by atoms with Crippen LogP contribution in [-0.4, -0.2) is 74.6 Å². The van der Waals surface area contributed by atoms with E-state index in [0.717, 1.165) is 5.69 Å². The first-order chi connectivity index (χ1) is 22.4. The first-order valence-electron chi connectivity index (χ1n) is 15.4. The maximum absolute atomic E-state index is 13.7. The number of benzene rings is 2. The van der Waals surface area contributed by atoms with Crippen LogP contribution in [0.5, 0.6) is 0 Å². The van der Waals surface area contributed by atoms with Gasteiger partial charge in [0.25, 0.3) is 17.7 Å². The van der Waals surface area contributed by atoms with Crippen molar-refractivity contribution in [2.75, 3.05) is 36.4 Å². The van der Waals surface area contributed by atoms with Crippen molar-refractivity contribution in [3.8, 4) is 0 Å². The number of nitrogens with one attached hydrogen (secondary N) is 2. The summed E-state index contributed by atoms with van der Waals surface area (Å²) in [5, 5.41) is 19.8. The number of rotatable bonds is 9. The van der Waals surface area contributed by atoms with Crippen molar-refractivity contribution in [1.82, 2.24) is 25.0 Å². The van der Waals surface area contributed by atoms with Crippen LogP contribution in [0.25, 0.3) is 0 Å². The molecular formula is C35H39N7O5. The molecule has 3 amide bonds. The van der Waals surface area contributed by atoms with Gasteiger partial charge in [-0.3, -0.25) is 28.8 Å². The molecule has 0 bridgehead atoms. The molecule has 1 fully saturated rings. The smallest absolute Gasteiger partial charge is 0.305 e. The van der Waals surface area contributed by atoms with E-state index in [-0.39, 0.29) is 23.3 Å². The van der Waals surface area contributed by atoms with Crippen molar-refractivity contribution in [2.45, 2.75) is 38.6 Å². The summed E-state index contributed by atoms with van der Waals surface area (Å²) in [6.45, 7) is 8.01. The molecule has 2 aromatic carbocycles. The minimum atomic E-state index is -1.07. The van der Waals surface area contributed by atoms with E-state index < -0.39 is 23.8 Å². The number of hydrogen-bond acceptors (Lipinski definition) is 7. The lowest BCUT2D eigenvalue weighted by Crippen LogP contribution is -2.49. The van der Waals surface area contributed by atoms with E-state index in [2.05, 4.69) is 25.6 Å². The number of aliphatic carboxylic acids is 1. The van der Waals surface area contributed by atoms with Crippen molar-refractivity contribution in [2.24, 2.45) is 7.05 Å². The van der Waals surface area contributed by atoms with Crippen molar-refractivity contribution < 1.29 is 24.3 Å². The summed E-state index contributed by atoms with van der Waals surface area (Å²) in [6.07, 6.45) is 2.76. The molecule has 4 aromatic rings. The Hall–Kier alpha value is -5.52. The Bertz CT molecular complexity index is 1760. The zero-order valence-corrected chi connectivity index (χ0v) is 26.9. The highest BCUT2D eigenvalue weighted by molar-refractivity contribution is 6.06. The van der Waals surface area contributed by atoms with Gasteiger partial charge in [-0.15, -0.1) is 0 Å². The zero-order valence-electron chi connectivity index (χ0n) is 26.9. The van der Waals surface area contributed by atoms with Gasteiger partial charge >= 0.3 is 5.97 Å². The van der Waals surface area contributed by atoms with Gasteiger partial charge in [-0.05, 0) is 48.0 Å². The number of aryl methyl sites for hydroxylation is 1. The highest BCUT2D eigenvalue weighted by Gasteiger charge is 2.27. The Morgan fingerprint density at radius 2 is 1.62 bits per heavy atom. The predicted molar refractivity (Wildman–Crippen MR) is 178 cm³/mol. The Labute approximate surface area is 273 Å². The molecule has 12 nitrogen and oxygen atoms in total. The number of pyridine rings is 1. The van der Waals surface area contributed by atoms with Crippen molar-refractivity contribution in [3.05, 3.63) is 107 Å². The number of aromatic nitrogens is 3. The molecule has 12 heteroatoms. The van der Waals surface area contributed by atoms with Crippen molar-refractivity contribution >= 4 is 35.1 Å². The summed E-state index contributed by atoms with van der Waals surface area (Å²) in [4.78, 5) is 59.8. The second-order valence-electron chi connectivity index (χ2n) is 12.5. The van der Waals surface area contributed by atoms with Gasteiger partial charge in [0, 0.05) is 62.2 Å². The molecule has 5 rings (SSSR count). The highest BCUT2D eigenvalue weighted by Crippen LogP contribution is 2.30. The average Bonchev–Trinajstić information content (AvgIpc) is 3.47. The molecule has 0 spiro atoms. The lowest BCUT2D eigenvalue weighted by atomic mass is 9.92. The molecule has 2 aromatic heterocycles. The Balaban J connectivity index is 1.42. The number of carboxylic acid groups (broad SMARTS) is 1. The van der Waals surface area contributed by atoms with Crippen LogP contribution in [0.2, 0.25) is 0 Å². The van der Waals surface area contributed by atoms with E-state index >= 15 is 0 Å². The molecule has 244 valence electrons. The number of carbonyl (C=O) groups excluding carboxylic acids is 3. The van der Waals surface area contributed by atoms with Crippen molar-refractivity contribution in [3.63, 3.8) is 0 Å². The van der Waals surface area contributed by atoms with E-state index in [1.54, 1.807) is 66.7 Å². The second-order valence-corrected chi connectivity index (χ2v) is 12.5. The normalized spacial score (nSPS) is 14.0. The Morgan fingerprint density at radius 1 is 0.894 bits per heavy atom. The van der Waals surface area contributed by atoms with Gasteiger partial charge in [0.2, 0.25) is 0 Å². The minimum Gasteiger partial charge on any atom is -0.481 e. The van der Waals surface area contributed by atoms with E-state index in [1.165, 1.54) is 10.9 Å². The molecule has 0 aliphatic carbocycles. The molecular weight excluding hydrogens is 598 g/mol. The summed E-state index contributed by atoms with van der Waals surface area (Å²) in [7, 11) is 1.71. The van der Waals surface area contributed by atoms with E-state index in [1.807, 2.05) is 39.0 Å². The molecule has 1 unspecified atom stereocenters. The molecule has 1 saturated heterocycles. The Morgan fingerprint density at radius 3 is 2.23 bits per heavy atom. The van der Waals surface area contributed by atoms with Gasteiger partial charge in [0.05, 0.1) is 29.5 Å². The van der Waals surface area contributed by atoms with Gasteiger partial charge in [-0.1, -0.05) is 45.0 Å². The van der Waals surface area contributed by atoms with Crippen LogP contribution in [0.4, 0.5) is 11.4 Å². The average molecular weight is 638 g/mol. The first-order valence-corrected chi connectivity index (χ1v) is 15.4. The highest BCUT2D eigenvalue weighted by atomic mass is 16.4. The topological polar surface area (TPSA) is 150 Å². The van der Waals surface area contributed by atoms with Crippen LogP contribution in [0.3, 0.4) is 0 Å². The number of carboxylic acids is 1. The fourth-order valence-corrected chi connectivity index (χ4v) is 5.45. The molecule has 1 atom stereocenters. The van der Waals surface area contributed by atoms with Gasteiger partial charge in [-0.25, -0.2) is 0 Å².